The van der Waals surface area contributed by atoms with E-state index < -0.39 is 0 Å². The van der Waals surface area contributed by atoms with E-state index in [4.69, 9.17) is 23.2 Å². The zero-order chi connectivity index (χ0) is 10.3. The number of benzene rings is 1. The van der Waals surface area contributed by atoms with Gasteiger partial charge in [-0.25, -0.2) is 0 Å². The largest absolute Gasteiger partial charge is 0.254 e. The van der Waals surface area contributed by atoms with Crippen LogP contribution in [-0.2, 0) is 0 Å². The SMILES string of the molecule is Clc1ccc(Br)c2ncc(Br)c(Cl)c12. The quantitative estimate of drug-likeness (QED) is 0.643. The zero-order valence-electron chi connectivity index (χ0n) is 6.69. The van der Waals surface area contributed by atoms with Gasteiger partial charge in [0.05, 0.1) is 20.0 Å². The highest BCUT2D eigenvalue weighted by molar-refractivity contribution is 9.11. The maximum atomic E-state index is 6.11. The van der Waals surface area contributed by atoms with Crippen LogP contribution in [0.4, 0.5) is 0 Å². The molecule has 0 amide bonds. The number of aromatic nitrogens is 1. The van der Waals surface area contributed by atoms with E-state index in [0.29, 0.717) is 10.0 Å². The van der Waals surface area contributed by atoms with Crippen LogP contribution in [0.3, 0.4) is 0 Å². The van der Waals surface area contributed by atoms with E-state index in [9.17, 15) is 0 Å². The molecule has 0 bridgehead atoms. The summed E-state index contributed by atoms with van der Waals surface area (Å²) in [6.45, 7) is 0. The first kappa shape index (κ1) is 10.7. The molecule has 1 aromatic carbocycles. The van der Waals surface area contributed by atoms with Crippen molar-refractivity contribution in [2.45, 2.75) is 0 Å². The number of hydrogen-bond donors (Lipinski definition) is 0. The Morgan fingerprint density at radius 3 is 2.50 bits per heavy atom. The van der Waals surface area contributed by atoms with Crippen LogP contribution in [0.25, 0.3) is 10.9 Å². The molecule has 0 saturated carbocycles. The minimum atomic E-state index is 0.585. The minimum Gasteiger partial charge on any atom is -0.254 e. The molecule has 0 fully saturated rings. The van der Waals surface area contributed by atoms with Gasteiger partial charge in [0.1, 0.15) is 0 Å². The number of rotatable bonds is 0. The highest BCUT2D eigenvalue weighted by Crippen LogP contribution is 2.37. The topological polar surface area (TPSA) is 12.9 Å². The van der Waals surface area contributed by atoms with Crippen LogP contribution in [0.5, 0.6) is 0 Å². The lowest BCUT2D eigenvalue weighted by molar-refractivity contribution is 1.38. The highest BCUT2D eigenvalue weighted by atomic mass is 79.9. The van der Waals surface area contributed by atoms with E-state index in [2.05, 4.69) is 36.8 Å². The van der Waals surface area contributed by atoms with Gasteiger partial charge < -0.3 is 0 Å². The monoisotopic (exact) mass is 353 g/mol. The van der Waals surface area contributed by atoms with E-state index >= 15 is 0 Å². The molecule has 0 aliphatic rings. The predicted octanol–water partition coefficient (Wildman–Crippen LogP) is 5.07. The summed E-state index contributed by atoms with van der Waals surface area (Å²) in [5, 5.41) is 1.94. The van der Waals surface area contributed by atoms with Crippen LogP contribution in [-0.4, -0.2) is 4.98 Å². The standard InChI is InChI=1S/C9H3Br2Cl2N/c10-4-1-2-6(12)7-8(13)5(11)3-14-9(4)7/h1-3H. The molecule has 1 aromatic heterocycles. The van der Waals surface area contributed by atoms with E-state index in [1.54, 1.807) is 12.3 Å². The first-order valence-electron chi connectivity index (χ1n) is 3.69. The molecule has 0 unspecified atom stereocenters. The highest BCUT2D eigenvalue weighted by Gasteiger charge is 2.10. The molecule has 0 aliphatic carbocycles. The van der Waals surface area contributed by atoms with E-state index in [-0.39, 0.29) is 0 Å². The molecule has 0 aliphatic heterocycles. The fourth-order valence-corrected chi connectivity index (χ4v) is 2.44. The second-order valence-electron chi connectivity index (χ2n) is 2.67. The fourth-order valence-electron chi connectivity index (χ4n) is 1.17. The number of pyridine rings is 1. The molecule has 0 radical (unpaired) electrons. The van der Waals surface area contributed by atoms with Gasteiger partial charge in [0.15, 0.2) is 0 Å². The minimum absolute atomic E-state index is 0.585. The summed E-state index contributed by atoms with van der Waals surface area (Å²) in [7, 11) is 0. The Morgan fingerprint density at radius 1 is 1.07 bits per heavy atom. The first-order chi connectivity index (χ1) is 6.61. The van der Waals surface area contributed by atoms with Gasteiger partial charge in [-0.3, -0.25) is 4.98 Å². The number of nitrogens with zero attached hydrogens (tertiary/aromatic N) is 1. The van der Waals surface area contributed by atoms with Gasteiger partial charge in [0.2, 0.25) is 0 Å². The summed E-state index contributed by atoms with van der Waals surface area (Å²) < 4.78 is 1.62. The van der Waals surface area contributed by atoms with Crippen LogP contribution in [0.1, 0.15) is 0 Å². The predicted molar refractivity (Wildman–Crippen MR) is 67.2 cm³/mol. The number of halogens is 4. The lowest BCUT2D eigenvalue weighted by Crippen LogP contribution is -1.84. The zero-order valence-corrected chi connectivity index (χ0v) is 11.4. The Bertz CT molecular complexity index is 514. The number of hydrogen-bond acceptors (Lipinski definition) is 1. The Balaban J connectivity index is 3.01. The van der Waals surface area contributed by atoms with Gasteiger partial charge >= 0.3 is 0 Å². The molecule has 2 aromatic rings. The molecule has 0 saturated heterocycles. The maximum Gasteiger partial charge on any atom is 0.0874 e. The van der Waals surface area contributed by atoms with Crippen LogP contribution >= 0.6 is 55.1 Å². The molecule has 0 N–H and O–H groups in total. The van der Waals surface area contributed by atoms with Crippen LogP contribution < -0.4 is 0 Å². The molecule has 0 atom stereocenters. The average molecular weight is 356 g/mol. The van der Waals surface area contributed by atoms with Gasteiger partial charge in [-0.05, 0) is 44.0 Å². The summed E-state index contributed by atoms with van der Waals surface area (Å²) in [4.78, 5) is 4.24. The van der Waals surface area contributed by atoms with Crippen LogP contribution in [0.15, 0.2) is 27.3 Å². The molecule has 1 heterocycles. The summed E-state index contributed by atoms with van der Waals surface area (Å²) >= 11 is 18.9. The molecule has 14 heavy (non-hydrogen) atoms. The molecular weight excluding hydrogens is 353 g/mol. The summed E-state index contributed by atoms with van der Waals surface area (Å²) in [6, 6.07) is 3.63. The second-order valence-corrected chi connectivity index (χ2v) is 5.17. The van der Waals surface area contributed by atoms with Crippen molar-refractivity contribution in [1.82, 2.24) is 4.98 Å². The van der Waals surface area contributed by atoms with E-state index in [1.165, 1.54) is 0 Å². The molecular formula is C9H3Br2Cl2N. The Labute approximate surface area is 108 Å². The third kappa shape index (κ3) is 1.67. The normalized spacial score (nSPS) is 10.9. The van der Waals surface area contributed by atoms with Crippen molar-refractivity contribution in [3.8, 4) is 0 Å². The third-order valence-corrected chi connectivity index (χ3v) is 3.99. The smallest absolute Gasteiger partial charge is 0.0874 e. The molecule has 1 nitrogen and oxygen atoms in total. The van der Waals surface area contributed by atoms with Crippen LogP contribution in [0, 0.1) is 0 Å². The lowest BCUT2D eigenvalue weighted by atomic mass is 10.2. The molecule has 5 heteroatoms. The van der Waals surface area contributed by atoms with E-state index in [1.807, 2.05) is 6.07 Å². The van der Waals surface area contributed by atoms with Crippen molar-refractivity contribution in [2.75, 3.05) is 0 Å². The lowest BCUT2D eigenvalue weighted by Gasteiger charge is -2.05. The van der Waals surface area contributed by atoms with Crippen molar-refractivity contribution in [3.05, 3.63) is 37.3 Å². The summed E-state index contributed by atoms with van der Waals surface area (Å²) in [5.74, 6) is 0. The maximum absolute atomic E-state index is 6.11. The first-order valence-corrected chi connectivity index (χ1v) is 6.03. The average Bonchev–Trinajstić information content (AvgIpc) is 2.16. The Morgan fingerprint density at radius 2 is 1.79 bits per heavy atom. The summed E-state index contributed by atoms with van der Waals surface area (Å²) in [5.41, 5.74) is 0.769. The van der Waals surface area contributed by atoms with Gasteiger partial charge in [-0.1, -0.05) is 23.2 Å². The van der Waals surface area contributed by atoms with Gasteiger partial charge in [-0.2, -0.15) is 0 Å². The van der Waals surface area contributed by atoms with Gasteiger partial charge in [0, 0.05) is 16.1 Å². The second kappa shape index (κ2) is 3.97. The summed E-state index contributed by atoms with van der Waals surface area (Å²) in [6.07, 6.45) is 1.66. The molecule has 2 rings (SSSR count). The van der Waals surface area contributed by atoms with Gasteiger partial charge in [-0.15, -0.1) is 0 Å². The molecule has 72 valence electrons. The third-order valence-electron chi connectivity index (χ3n) is 1.81. The van der Waals surface area contributed by atoms with Crippen molar-refractivity contribution in [1.29, 1.82) is 0 Å². The van der Waals surface area contributed by atoms with E-state index in [0.717, 1.165) is 19.8 Å². The number of fused-ring (bicyclic) bond motifs is 1. The Hall–Kier alpha value is 0.170. The molecule has 0 spiro atoms. The van der Waals surface area contributed by atoms with Crippen molar-refractivity contribution in [3.63, 3.8) is 0 Å². The van der Waals surface area contributed by atoms with Crippen LogP contribution in [0.2, 0.25) is 10.0 Å². The fraction of sp³-hybridized carbons (Fsp3) is 0. The van der Waals surface area contributed by atoms with Crippen molar-refractivity contribution >= 4 is 66.0 Å². The van der Waals surface area contributed by atoms with Gasteiger partial charge in [0.25, 0.3) is 0 Å². The van der Waals surface area contributed by atoms with Crippen molar-refractivity contribution < 1.29 is 0 Å². The van der Waals surface area contributed by atoms with Crippen molar-refractivity contribution in [2.24, 2.45) is 0 Å². The Kier molecular flexibility index (Phi) is 3.03.